The minimum atomic E-state index is -0.559. The van der Waals surface area contributed by atoms with Gasteiger partial charge in [-0.2, -0.15) is 0 Å². The second kappa shape index (κ2) is 8.91. The van der Waals surface area contributed by atoms with Crippen LogP contribution in [0.5, 0.6) is 0 Å². The molecule has 1 saturated carbocycles. The van der Waals surface area contributed by atoms with Crippen LogP contribution in [0.4, 0.5) is 0 Å². The van der Waals surface area contributed by atoms with Crippen LogP contribution >= 0.6 is 0 Å². The summed E-state index contributed by atoms with van der Waals surface area (Å²) in [5.74, 6) is -0.0988. The molecule has 2 N–H and O–H groups in total. The number of benzene rings is 1. The van der Waals surface area contributed by atoms with Crippen LogP contribution < -0.4 is 5.32 Å². The van der Waals surface area contributed by atoms with E-state index in [9.17, 15) is 9.90 Å². The average molecular weight is 305 g/mol. The highest BCUT2D eigenvalue weighted by Crippen LogP contribution is 2.20. The lowest BCUT2D eigenvalue weighted by atomic mass is 9.98. The van der Waals surface area contributed by atoms with Gasteiger partial charge >= 0.3 is 0 Å². The molecule has 1 fully saturated rings. The van der Waals surface area contributed by atoms with Crippen molar-refractivity contribution < 1.29 is 14.6 Å². The van der Waals surface area contributed by atoms with E-state index >= 15 is 0 Å². The number of ether oxygens (including phenoxy) is 1. The van der Waals surface area contributed by atoms with Gasteiger partial charge in [0.2, 0.25) is 5.91 Å². The fraction of sp³-hybridized carbons (Fsp3) is 0.611. The number of hydrogen-bond donors (Lipinski definition) is 2. The molecule has 1 aromatic carbocycles. The van der Waals surface area contributed by atoms with E-state index in [1.54, 1.807) is 0 Å². The Bertz CT molecular complexity index is 443. The number of amides is 1. The molecule has 0 aliphatic heterocycles. The highest BCUT2D eigenvalue weighted by molar-refractivity contribution is 5.77. The summed E-state index contributed by atoms with van der Waals surface area (Å²) < 4.78 is 5.66. The van der Waals surface area contributed by atoms with Gasteiger partial charge in [-0.15, -0.1) is 0 Å². The molecule has 1 aliphatic carbocycles. The van der Waals surface area contributed by atoms with Crippen LogP contribution in [0.2, 0.25) is 0 Å². The van der Waals surface area contributed by atoms with Crippen LogP contribution in [0, 0.1) is 0 Å². The van der Waals surface area contributed by atoms with Crippen molar-refractivity contribution in [1.29, 1.82) is 0 Å². The van der Waals surface area contributed by atoms with E-state index in [2.05, 4.69) is 5.32 Å². The summed E-state index contributed by atoms with van der Waals surface area (Å²) in [6.07, 6.45) is 5.99. The van der Waals surface area contributed by atoms with Gasteiger partial charge in [-0.05, 0) is 31.7 Å². The van der Waals surface area contributed by atoms with Gasteiger partial charge in [-0.25, -0.2) is 0 Å². The van der Waals surface area contributed by atoms with E-state index in [0.29, 0.717) is 6.42 Å². The first-order valence-corrected chi connectivity index (χ1v) is 8.29. The Morgan fingerprint density at radius 2 is 1.95 bits per heavy atom. The molecule has 1 aliphatic rings. The molecule has 2 atom stereocenters. The molecule has 0 aromatic heterocycles. The van der Waals surface area contributed by atoms with Crippen molar-refractivity contribution >= 4 is 5.91 Å². The van der Waals surface area contributed by atoms with E-state index in [4.69, 9.17) is 4.74 Å². The smallest absolute Gasteiger partial charge is 0.246 e. The molecule has 22 heavy (non-hydrogen) atoms. The van der Waals surface area contributed by atoms with E-state index in [1.165, 1.54) is 19.3 Å². The minimum Gasteiger partial charge on any atom is -0.388 e. The van der Waals surface area contributed by atoms with Crippen LogP contribution in [0.15, 0.2) is 30.3 Å². The predicted octanol–water partition coefficient (Wildman–Crippen LogP) is 2.96. The second-order valence-corrected chi connectivity index (χ2v) is 6.20. The van der Waals surface area contributed by atoms with Crippen molar-refractivity contribution in [3.05, 3.63) is 35.9 Å². The van der Waals surface area contributed by atoms with Gasteiger partial charge in [-0.3, -0.25) is 4.79 Å². The quantitative estimate of drug-likeness (QED) is 0.814. The molecular formula is C18H27NO3. The van der Waals surface area contributed by atoms with Crippen molar-refractivity contribution in [2.75, 3.05) is 6.61 Å². The number of carbonyl (C=O) groups is 1. The molecule has 0 saturated heterocycles. The molecule has 4 heteroatoms. The maximum atomic E-state index is 11.9. The van der Waals surface area contributed by atoms with E-state index < -0.39 is 6.10 Å². The summed E-state index contributed by atoms with van der Waals surface area (Å²) >= 11 is 0. The zero-order valence-corrected chi connectivity index (χ0v) is 13.3. The van der Waals surface area contributed by atoms with Gasteiger partial charge < -0.3 is 15.2 Å². The van der Waals surface area contributed by atoms with Gasteiger partial charge in [0, 0.05) is 6.04 Å². The van der Waals surface area contributed by atoms with E-state index in [0.717, 1.165) is 18.4 Å². The summed E-state index contributed by atoms with van der Waals surface area (Å²) in [5, 5.41) is 13.1. The maximum Gasteiger partial charge on any atom is 0.246 e. The Morgan fingerprint density at radius 3 is 2.64 bits per heavy atom. The van der Waals surface area contributed by atoms with Crippen LogP contribution in [0.3, 0.4) is 0 Å². The number of nitrogens with one attached hydrogen (secondary N) is 1. The number of hydrogen-bond acceptors (Lipinski definition) is 3. The summed E-state index contributed by atoms with van der Waals surface area (Å²) in [6.45, 7) is 2.03. The van der Waals surface area contributed by atoms with Crippen LogP contribution in [0.1, 0.15) is 57.1 Å². The first kappa shape index (κ1) is 17.0. The maximum absolute atomic E-state index is 11.9. The molecule has 2 rings (SSSR count). The fourth-order valence-corrected chi connectivity index (χ4v) is 2.95. The molecule has 1 amide bonds. The van der Waals surface area contributed by atoms with E-state index in [-0.39, 0.29) is 24.7 Å². The van der Waals surface area contributed by atoms with Crippen molar-refractivity contribution in [1.82, 2.24) is 5.32 Å². The second-order valence-electron chi connectivity index (χ2n) is 6.20. The fourth-order valence-electron chi connectivity index (χ4n) is 2.95. The lowest BCUT2D eigenvalue weighted by Gasteiger charge is -2.23. The van der Waals surface area contributed by atoms with Crippen molar-refractivity contribution in [3.63, 3.8) is 0 Å². The summed E-state index contributed by atoms with van der Waals surface area (Å²) in [6, 6.07) is 9.43. The van der Waals surface area contributed by atoms with Crippen molar-refractivity contribution in [2.45, 2.75) is 63.7 Å². The zero-order valence-electron chi connectivity index (χ0n) is 13.3. The zero-order chi connectivity index (χ0) is 15.8. The van der Waals surface area contributed by atoms with Gasteiger partial charge in [0.05, 0.1) is 12.2 Å². The third-order valence-electron chi connectivity index (χ3n) is 4.17. The average Bonchev–Trinajstić information content (AvgIpc) is 2.54. The molecule has 0 spiro atoms. The Kier molecular flexibility index (Phi) is 6.87. The van der Waals surface area contributed by atoms with E-state index in [1.807, 2.05) is 37.3 Å². The largest absolute Gasteiger partial charge is 0.388 e. The molecular weight excluding hydrogens is 278 g/mol. The molecule has 4 nitrogen and oxygen atoms in total. The first-order valence-electron chi connectivity index (χ1n) is 8.29. The summed E-state index contributed by atoms with van der Waals surface area (Å²) in [5.41, 5.74) is 0.877. The SMILES string of the molecule is CC(CC(O)c1ccccc1)NC(=O)COC1CCCCC1. The van der Waals surface area contributed by atoms with Crippen LogP contribution in [-0.4, -0.2) is 29.8 Å². The third kappa shape index (κ3) is 5.78. The van der Waals surface area contributed by atoms with Crippen molar-refractivity contribution in [2.24, 2.45) is 0 Å². The number of aliphatic hydroxyl groups is 1. The normalized spacial score (nSPS) is 18.6. The molecule has 1 aromatic rings. The highest BCUT2D eigenvalue weighted by atomic mass is 16.5. The third-order valence-corrected chi connectivity index (χ3v) is 4.17. The van der Waals surface area contributed by atoms with Gasteiger partial charge in [0.15, 0.2) is 0 Å². The van der Waals surface area contributed by atoms with Gasteiger partial charge in [0.1, 0.15) is 6.61 Å². The van der Waals surface area contributed by atoms with Crippen molar-refractivity contribution in [3.8, 4) is 0 Å². The lowest BCUT2D eigenvalue weighted by molar-refractivity contribution is -0.129. The predicted molar refractivity (Wildman–Crippen MR) is 86.4 cm³/mol. The summed E-state index contributed by atoms with van der Waals surface area (Å²) in [4.78, 5) is 11.9. The summed E-state index contributed by atoms with van der Waals surface area (Å²) in [7, 11) is 0. The monoisotopic (exact) mass is 305 g/mol. The minimum absolute atomic E-state index is 0.0855. The Labute approximate surface area is 132 Å². The number of carbonyl (C=O) groups excluding carboxylic acids is 1. The molecule has 0 radical (unpaired) electrons. The number of aliphatic hydroxyl groups excluding tert-OH is 1. The Hall–Kier alpha value is -1.39. The number of rotatable bonds is 7. The first-order chi connectivity index (χ1) is 10.6. The lowest BCUT2D eigenvalue weighted by Crippen LogP contribution is -2.37. The Balaban J connectivity index is 1.67. The Morgan fingerprint density at radius 1 is 1.27 bits per heavy atom. The van der Waals surface area contributed by atoms with Crippen LogP contribution in [-0.2, 0) is 9.53 Å². The highest BCUT2D eigenvalue weighted by Gasteiger charge is 2.17. The van der Waals surface area contributed by atoms with Gasteiger partial charge in [0.25, 0.3) is 0 Å². The van der Waals surface area contributed by atoms with Gasteiger partial charge in [-0.1, -0.05) is 49.6 Å². The van der Waals surface area contributed by atoms with Crippen LogP contribution in [0.25, 0.3) is 0 Å². The molecule has 122 valence electrons. The topological polar surface area (TPSA) is 58.6 Å². The molecule has 2 unspecified atom stereocenters. The molecule has 0 heterocycles. The standard InChI is InChI=1S/C18H27NO3/c1-14(12-17(20)15-8-4-2-5-9-15)19-18(21)13-22-16-10-6-3-7-11-16/h2,4-5,8-9,14,16-17,20H,3,6-7,10-13H2,1H3,(H,19,21). The molecule has 0 bridgehead atoms.